The Bertz CT molecular complexity index is 676. The van der Waals surface area contributed by atoms with E-state index in [2.05, 4.69) is 14.9 Å². The number of aromatic nitrogens is 2. The van der Waals surface area contributed by atoms with Crippen molar-refractivity contribution in [3.8, 4) is 0 Å². The number of anilines is 1. The number of fused-ring (bicyclic) bond motifs is 1. The fraction of sp³-hybridized carbons (Fsp3) is 0.556. The molecule has 2 aliphatic heterocycles. The van der Waals surface area contributed by atoms with E-state index in [1.807, 2.05) is 24.3 Å². The van der Waals surface area contributed by atoms with Gasteiger partial charge in [0, 0.05) is 18.6 Å². The maximum Gasteiger partial charge on any atom is 0.145 e. The van der Waals surface area contributed by atoms with E-state index in [-0.39, 0.29) is 0 Å². The highest BCUT2D eigenvalue weighted by molar-refractivity contribution is 5.87. The zero-order valence-corrected chi connectivity index (χ0v) is 13.4. The first-order valence-electron chi connectivity index (χ1n) is 8.61. The van der Waals surface area contributed by atoms with Gasteiger partial charge in [0.1, 0.15) is 11.6 Å². The minimum Gasteiger partial charge on any atom is -0.383 e. The van der Waals surface area contributed by atoms with E-state index in [0.29, 0.717) is 5.82 Å². The van der Waals surface area contributed by atoms with E-state index in [1.54, 1.807) is 0 Å². The summed E-state index contributed by atoms with van der Waals surface area (Å²) in [6, 6.07) is 7.94. The van der Waals surface area contributed by atoms with Crippen LogP contribution in [0.3, 0.4) is 0 Å². The largest absolute Gasteiger partial charge is 0.383 e. The second-order valence-corrected chi connectivity index (χ2v) is 6.78. The lowest BCUT2D eigenvalue weighted by Gasteiger charge is -2.34. The number of hydrogen-bond acceptors (Lipinski definition) is 5. The summed E-state index contributed by atoms with van der Waals surface area (Å²) in [5.41, 5.74) is 7.02. The highest BCUT2D eigenvalue weighted by Gasteiger charge is 2.29. The quantitative estimate of drug-likeness (QED) is 0.943. The van der Waals surface area contributed by atoms with Crippen LogP contribution >= 0.6 is 0 Å². The summed E-state index contributed by atoms with van der Waals surface area (Å²) >= 11 is 0. The van der Waals surface area contributed by atoms with E-state index in [1.165, 1.54) is 19.3 Å². The number of piperidine rings is 1. The molecule has 0 amide bonds. The number of nitrogen functional groups attached to an aromatic ring is 1. The average Bonchev–Trinajstić information content (AvgIpc) is 3.10. The molecule has 1 atom stereocenters. The lowest BCUT2D eigenvalue weighted by Crippen LogP contribution is -2.36. The van der Waals surface area contributed by atoms with Crippen LogP contribution in [0.4, 0.5) is 5.82 Å². The Labute approximate surface area is 136 Å². The highest BCUT2D eigenvalue weighted by atomic mass is 16.5. The molecule has 2 N–H and O–H groups in total. The number of hydrogen-bond donors (Lipinski definition) is 1. The van der Waals surface area contributed by atoms with Gasteiger partial charge in [0.05, 0.1) is 12.1 Å². The van der Waals surface area contributed by atoms with Crippen molar-refractivity contribution in [2.75, 3.05) is 32.0 Å². The van der Waals surface area contributed by atoms with Crippen molar-refractivity contribution in [2.45, 2.75) is 25.8 Å². The Morgan fingerprint density at radius 3 is 2.70 bits per heavy atom. The Kier molecular flexibility index (Phi) is 4.14. The average molecular weight is 312 g/mol. The minimum atomic E-state index is 0.587. The van der Waals surface area contributed by atoms with Gasteiger partial charge in [0.2, 0.25) is 0 Å². The molecular weight excluding hydrogens is 288 g/mol. The van der Waals surface area contributed by atoms with Gasteiger partial charge in [-0.05, 0) is 56.3 Å². The second kappa shape index (κ2) is 6.42. The number of benzene rings is 1. The second-order valence-electron chi connectivity index (χ2n) is 6.78. The molecular formula is C18H24N4O. The lowest BCUT2D eigenvalue weighted by atomic mass is 9.84. The molecule has 0 spiro atoms. The van der Waals surface area contributed by atoms with Gasteiger partial charge in [0.15, 0.2) is 0 Å². The van der Waals surface area contributed by atoms with E-state index in [9.17, 15) is 0 Å². The van der Waals surface area contributed by atoms with Crippen molar-refractivity contribution >= 4 is 16.7 Å². The summed E-state index contributed by atoms with van der Waals surface area (Å²) < 4.78 is 5.54. The van der Waals surface area contributed by atoms with Crippen LogP contribution in [0.15, 0.2) is 24.3 Å². The lowest BCUT2D eigenvalue weighted by molar-refractivity contribution is 0.121. The SMILES string of the molecule is Nc1nc(CN2CCC(C3CCOC3)CC2)nc2ccccc12. The maximum atomic E-state index is 6.08. The summed E-state index contributed by atoms with van der Waals surface area (Å²) in [6.07, 6.45) is 3.77. The third-order valence-electron chi connectivity index (χ3n) is 5.31. The molecule has 1 aromatic carbocycles. The van der Waals surface area contributed by atoms with Crippen molar-refractivity contribution in [3.63, 3.8) is 0 Å². The molecule has 2 aromatic rings. The fourth-order valence-electron chi connectivity index (χ4n) is 3.93. The third-order valence-corrected chi connectivity index (χ3v) is 5.31. The number of para-hydroxylation sites is 1. The highest BCUT2D eigenvalue weighted by Crippen LogP contribution is 2.31. The molecule has 3 heterocycles. The zero-order valence-electron chi connectivity index (χ0n) is 13.4. The van der Waals surface area contributed by atoms with Crippen molar-refractivity contribution < 1.29 is 4.74 Å². The molecule has 2 aliphatic rings. The minimum absolute atomic E-state index is 0.587. The van der Waals surface area contributed by atoms with Crippen molar-refractivity contribution in [2.24, 2.45) is 11.8 Å². The molecule has 0 aliphatic carbocycles. The van der Waals surface area contributed by atoms with Gasteiger partial charge in [-0.15, -0.1) is 0 Å². The molecule has 23 heavy (non-hydrogen) atoms. The van der Waals surface area contributed by atoms with Gasteiger partial charge in [-0.1, -0.05) is 12.1 Å². The predicted octanol–water partition coefficient (Wildman–Crippen LogP) is 2.46. The Morgan fingerprint density at radius 1 is 1.09 bits per heavy atom. The Balaban J connectivity index is 1.41. The number of ether oxygens (including phenoxy) is 1. The van der Waals surface area contributed by atoms with Crippen LogP contribution < -0.4 is 5.73 Å². The number of nitrogens with two attached hydrogens (primary N) is 1. The maximum absolute atomic E-state index is 6.08. The third kappa shape index (κ3) is 3.16. The van der Waals surface area contributed by atoms with E-state index in [0.717, 1.165) is 61.4 Å². The van der Waals surface area contributed by atoms with E-state index < -0.39 is 0 Å². The number of nitrogens with zero attached hydrogens (tertiary/aromatic N) is 3. The monoisotopic (exact) mass is 312 g/mol. The van der Waals surface area contributed by atoms with Crippen molar-refractivity contribution in [1.29, 1.82) is 0 Å². The molecule has 4 rings (SSSR count). The van der Waals surface area contributed by atoms with Crippen LogP contribution in [-0.2, 0) is 11.3 Å². The van der Waals surface area contributed by atoms with Crippen LogP contribution in [0.25, 0.3) is 10.9 Å². The normalized spacial score (nSPS) is 23.6. The molecule has 1 aromatic heterocycles. The summed E-state index contributed by atoms with van der Waals surface area (Å²) in [7, 11) is 0. The molecule has 0 bridgehead atoms. The van der Waals surface area contributed by atoms with Crippen LogP contribution in [0.1, 0.15) is 25.1 Å². The predicted molar refractivity (Wildman–Crippen MR) is 90.9 cm³/mol. The molecule has 122 valence electrons. The van der Waals surface area contributed by atoms with Crippen LogP contribution in [-0.4, -0.2) is 41.2 Å². The van der Waals surface area contributed by atoms with Crippen LogP contribution in [0.5, 0.6) is 0 Å². The molecule has 0 saturated carbocycles. The van der Waals surface area contributed by atoms with Gasteiger partial charge in [0.25, 0.3) is 0 Å². The first-order chi connectivity index (χ1) is 11.3. The smallest absolute Gasteiger partial charge is 0.145 e. The molecule has 2 fully saturated rings. The summed E-state index contributed by atoms with van der Waals surface area (Å²) in [5, 5.41) is 0.941. The van der Waals surface area contributed by atoms with Gasteiger partial charge in [-0.2, -0.15) is 0 Å². The van der Waals surface area contributed by atoms with E-state index >= 15 is 0 Å². The Morgan fingerprint density at radius 2 is 1.91 bits per heavy atom. The van der Waals surface area contributed by atoms with Crippen LogP contribution in [0, 0.1) is 11.8 Å². The summed E-state index contributed by atoms with van der Waals surface area (Å²) in [6.45, 7) is 4.96. The molecule has 2 saturated heterocycles. The van der Waals surface area contributed by atoms with Gasteiger partial charge in [-0.25, -0.2) is 9.97 Å². The van der Waals surface area contributed by atoms with Gasteiger partial charge < -0.3 is 10.5 Å². The van der Waals surface area contributed by atoms with E-state index in [4.69, 9.17) is 10.5 Å². The zero-order chi connectivity index (χ0) is 15.6. The van der Waals surface area contributed by atoms with Crippen LogP contribution in [0.2, 0.25) is 0 Å². The fourth-order valence-corrected chi connectivity index (χ4v) is 3.93. The molecule has 1 unspecified atom stereocenters. The van der Waals surface area contributed by atoms with Crippen molar-refractivity contribution in [1.82, 2.24) is 14.9 Å². The summed E-state index contributed by atoms with van der Waals surface area (Å²) in [5.74, 6) is 3.04. The first kappa shape index (κ1) is 14.8. The molecule has 5 nitrogen and oxygen atoms in total. The Hall–Kier alpha value is -1.72. The standard InChI is InChI=1S/C18H24N4O/c19-18-15-3-1-2-4-16(15)20-17(21-18)11-22-8-5-13(6-9-22)14-7-10-23-12-14/h1-4,13-14H,5-12H2,(H2,19,20,21). The van der Waals surface area contributed by atoms with Gasteiger partial charge >= 0.3 is 0 Å². The summed E-state index contributed by atoms with van der Waals surface area (Å²) in [4.78, 5) is 11.6. The first-order valence-corrected chi connectivity index (χ1v) is 8.61. The van der Waals surface area contributed by atoms with Crippen molar-refractivity contribution in [3.05, 3.63) is 30.1 Å². The number of likely N-dealkylation sites (tertiary alicyclic amines) is 1. The topological polar surface area (TPSA) is 64.3 Å². The van der Waals surface area contributed by atoms with Gasteiger partial charge in [-0.3, -0.25) is 4.90 Å². The molecule has 5 heteroatoms. The number of rotatable bonds is 3. The molecule has 0 radical (unpaired) electrons.